The van der Waals surface area contributed by atoms with E-state index < -0.39 is 30.1 Å². The minimum Gasteiger partial charge on any atom is -0.404 e. The molecule has 1 aromatic carbocycles. The van der Waals surface area contributed by atoms with Crippen LogP contribution in [0.2, 0.25) is 0 Å². The van der Waals surface area contributed by atoms with Crippen LogP contribution in [0.5, 0.6) is 5.75 Å². The van der Waals surface area contributed by atoms with Gasteiger partial charge in [-0.3, -0.25) is 13.8 Å². The van der Waals surface area contributed by atoms with Crippen LogP contribution in [0.25, 0.3) is 0 Å². The minimum absolute atomic E-state index is 0.0228. The summed E-state index contributed by atoms with van der Waals surface area (Å²) in [5, 5.41) is -0.459. The Kier molecular flexibility index (Phi) is 5.52. The smallest absolute Gasteiger partial charge is 0.404 e. The highest BCUT2D eigenvalue weighted by Gasteiger charge is 2.33. The molecule has 116 valence electrons. The van der Waals surface area contributed by atoms with Gasteiger partial charge in [-0.05, 0) is 18.6 Å². The van der Waals surface area contributed by atoms with Gasteiger partial charge in [-0.15, -0.1) is 0 Å². The Hall–Kier alpha value is -1.21. The van der Waals surface area contributed by atoms with Crippen LogP contribution in [0.1, 0.15) is 12.8 Å². The minimum atomic E-state index is -3.74. The molecular weight excluding hydrogens is 319 g/mol. The number of carbonyl (C=O) groups is 1. The summed E-state index contributed by atoms with van der Waals surface area (Å²) in [7, 11) is -2.53. The second-order valence-corrected chi connectivity index (χ2v) is 7.25. The first-order valence-corrected chi connectivity index (χ1v) is 8.79. The lowest BCUT2D eigenvalue weighted by molar-refractivity contribution is -0.131. The number of benzene rings is 1. The molecule has 3 atom stereocenters. The van der Waals surface area contributed by atoms with E-state index in [0.29, 0.717) is 5.75 Å². The molecule has 0 aromatic heterocycles. The molecule has 0 bridgehead atoms. The zero-order valence-corrected chi connectivity index (χ0v) is 13.0. The molecule has 0 N–H and O–H groups in total. The topological polar surface area (TPSA) is 88.1 Å². The van der Waals surface area contributed by atoms with Gasteiger partial charge in [0.25, 0.3) is 0 Å². The van der Waals surface area contributed by atoms with Gasteiger partial charge in [-0.1, -0.05) is 18.2 Å². The molecule has 0 amide bonds. The lowest BCUT2D eigenvalue weighted by Crippen LogP contribution is -2.12. The number of hydrogen-bond donors (Lipinski definition) is 0. The van der Waals surface area contributed by atoms with Crippen molar-refractivity contribution in [1.29, 1.82) is 0 Å². The first-order chi connectivity index (χ1) is 10.0. The number of rotatable bonds is 7. The molecule has 1 fully saturated rings. The van der Waals surface area contributed by atoms with E-state index in [1.807, 2.05) is 0 Å². The second kappa shape index (κ2) is 7.17. The molecule has 3 unspecified atom stereocenters. The third-order valence-electron chi connectivity index (χ3n) is 2.71. The highest BCUT2D eigenvalue weighted by atomic mass is 32.2. The monoisotopic (exact) mass is 334 g/mol. The standard InChI is InChI=1S/C12H15O7PS/c1-16-20(14,18-10-5-3-2-4-6-10)17-8-7-11-9-12(13)19-21(11)15/h2-6,11H,7-9H2,1H3. The molecule has 21 heavy (non-hydrogen) atoms. The van der Waals surface area contributed by atoms with E-state index in [1.165, 1.54) is 7.11 Å². The molecular formula is C12H15O7PS. The predicted molar refractivity (Wildman–Crippen MR) is 74.9 cm³/mol. The fraction of sp³-hybridized carbons (Fsp3) is 0.417. The maximum absolute atomic E-state index is 12.2. The zero-order valence-electron chi connectivity index (χ0n) is 11.3. The van der Waals surface area contributed by atoms with E-state index in [-0.39, 0.29) is 19.4 Å². The zero-order chi connectivity index (χ0) is 15.3. The van der Waals surface area contributed by atoms with Crippen LogP contribution in [0.3, 0.4) is 0 Å². The number of phosphoric ester groups is 1. The average Bonchev–Trinajstić information content (AvgIpc) is 2.78. The van der Waals surface area contributed by atoms with Crippen LogP contribution >= 0.6 is 7.82 Å². The van der Waals surface area contributed by atoms with Crippen LogP contribution in [0.15, 0.2) is 30.3 Å². The number of para-hydroxylation sites is 1. The Morgan fingerprint density at radius 2 is 2.10 bits per heavy atom. The Morgan fingerprint density at radius 3 is 2.67 bits per heavy atom. The van der Waals surface area contributed by atoms with Crippen LogP contribution in [0.4, 0.5) is 0 Å². The average molecular weight is 334 g/mol. The number of phosphoric acid groups is 1. The second-order valence-electron chi connectivity index (χ2n) is 4.20. The third-order valence-corrected chi connectivity index (χ3v) is 5.39. The first kappa shape index (κ1) is 16.2. The lowest BCUT2D eigenvalue weighted by Gasteiger charge is -2.16. The maximum Gasteiger partial charge on any atom is 0.529 e. The molecule has 0 radical (unpaired) electrons. The molecule has 1 aliphatic heterocycles. The van der Waals surface area contributed by atoms with Gasteiger partial charge in [0.15, 0.2) is 0 Å². The SMILES string of the molecule is COP(=O)(OCCC1CC(=O)OS1=O)Oc1ccccc1. The van der Waals surface area contributed by atoms with Crippen LogP contribution in [-0.2, 0) is 33.7 Å². The van der Waals surface area contributed by atoms with Crippen molar-refractivity contribution >= 4 is 24.9 Å². The summed E-state index contributed by atoms with van der Waals surface area (Å²) in [6.07, 6.45) is 0.316. The van der Waals surface area contributed by atoms with Crippen molar-refractivity contribution < 1.29 is 31.3 Å². The van der Waals surface area contributed by atoms with Crippen molar-refractivity contribution in [2.75, 3.05) is 13.7 Å². The summed E-state index contributed by atoms with van der Waals surface area (Å²) in [4.78, 5) is 11.0. The number of carbonyl (C=O) groups excluding carboxylic acids is 1. The van der Waals surface area contributed by atoms with E-state index >= 15 is 0 Å². The van der Waals surface area contributed by atoms with Crippen LogP contribution < -0.4 is 4.52 Å². The van der Waals surface area contributed by atoms with Gasteiger partial charge in [0, 0.05) is 7.11 Å². The van der Waals surface area contributed by atoms with E-state index in [1.54, 1.807) is 30.3 Å². The molecule has 7 nitrogen and oxygen atoms in total. The normalized spacial score (nSPS) is 24.3. The lowest BCUT2D eigenvalue weighted by atomic mass is 10.2. The van der Waals surface area contributed by atoms with E-state index in [2.05, 4.69) is 4.18 Å². The van der Waals surface area contributed by atoms with Crippen molar-refractivity contribution in [3.63, 3.8) is 0 Å². The summed E-state index contributed by atoms with van der Waals surface area (Å²) < 4.78 is 43.3. The molecule has 2 rings (SSSR count). The molecule has 1 saturated heterocycles. The molecule has 9 heteroatoms. The summed E-state index contributed by atoms with van der Waals surface area (Å²) in [5.41, 5.74) is 0. The van der Waals surface area contributed by atoms with Crippen molar-refractivity contribution in [1.82, 2.24) is 0 Å². The largest absolute Gasteiger partial charge is 0.529 e. The summed E-state index contributed by atoms with van der Waals surface area (Å²) in [6, 6.07) is 8.47. The van der Waals surface area contributed by atoms with Crippen LogP contribution in [0, 0.1) is 0 Å². The van der Waals surface area contributed by atoms with Gasteiger partial charge in [0.1, 0.15) is 5.75 Å². The van der Waals surface area contributed by atoms with Crippen molar-refractivity contribution in [2.24, 2.45) is 0 Å². The van der Waals surface area contributed by atoms with E-state index in [4.69, 9.17) is 13.6 Å². The molecule has 1 heterocycles. The van der Waals surface area contributed by atoms with Gasteiger partial charge in [-0.2, -0.15) is 0 Å². The van der Waals surface area contributed by atoms with Gasteiger partial charge in [-0.25, -0.2) is 8.77 Å². The Bertz CT molecular complexity index is 562. The van der Waals surface area contributed by atoms with E-state index in [0.717, 1.165) is 0 Å². The predicted octanol–water partition coefficient (Wildman–Crippen LogP) is 2.21. The highest BCUT2D eigenvalue weighted by Crippen LogP contribution is 2.48. The summed E-state index contributed by atoms with van der Waals surface area (Å²) in [5.74, 6) is -0.153. The Balaban J connectivity index is 1.86. The van der Waals surface area contributed by atoms with Gasteiger partial charge >= 0.3 is 13.8 Å². The Labute approximate surface area is 124 Å². The molecule has 1 aromatic rings. The van der Waals surface area contributed by atoms with Crippen molar-refractivity contribution in [3.05, 3.63) is 30.3 Å². The summed E-state index contributed by atoms with van der Waals surface area (Å²) in [6.45, 7) is -0.0228. The van der Waals surface area contributed by atoms with Gasteiger partial charge in [0.05, 0.1) is 18.3 Å². The number of hydrogen-bond acceptors (Lipinski definition) is 7. The first-order valence-electron chi connectivity index (χ1n) is 6.19. The van der Waals surface area contributed by atoms with Crippen molar-refractivity contribution in [3.8, 4) is 5.75 Å². The Morgan fingerprint density at radius 1 is 1.38 bits per heavy atom. The van der Waals surface area contributed by atoms with Crippen LogP contribution in [-0.4, -0.2) is 29.1 Å². The molecule has 0 saturated carbocycles. The molecule has 1 aliphatic rings. The molecule has 0 spiro atoms. The van der Waals surface area contributed by atoms with Gasteiger partial charge < -0.3 is 8.71 Å². The van der Waals surface area contributed by atoms with Crippen molar-refractivity contribution in [2.45, 2.75) is 18.1 Å². The quantitative estimate of drug-likeness (QED) is 0.706. The fourth-order valence-electron chi connectivity index (χ4n) is 1.67. The van der Waals surface area contributed by atoms with E-state index in [9.17, 15) is 13.6 Å². The molecule has 0 aliphatic carbocycles. The fourth-order valence-corrected chi connectivity index (χ4v) is 3.56. The third kappa shape index (κ3) is 4.64. The highest BCUT2D eigenvalue weighted by molar-refractivity contribution is 7.81. The summed E-state index contributed by atoms with van der Waals surface area (Å²) >= 11 is -1.66. The maximum atomic E-state index is 12.2. The van der Waals surface area contributed by atoms with Gasteiger partial charge in [0.2, 0.25) is 11.1 Å².